The van der Waals surface area contributed by atoms with Gasteiger partial charge in [0.2, 0.25) is 0 Å². The molecular formula is C19H20N2O2. The summed E-state index contributed by atoms with van der Waals surface area (Å²) in [6.07, 6.45) is 3.68. The lowest BCUT2D eigenvalue weighted by Crippen LogP contribution is -2.05. The lowest BCUT2D eigenvalue weighted by Gasteiger charge is -1.99. The number of hydrogen-bond acceptors (Lipinski definition) is 3. The third-order valence-corrected chi connectivity index (χ3v) is 3.36. The second-order valence-corrected chi connectivity index (χ2v) is 4.96. The SMILES string of the molecule is C=CC(=O)n1cc(CCN)c2cc(O)ccc21.c1ccccc1. The molecule has 0 bridgehead atoms. The van der Waals surface area contributed by atoms with Crippen molar-refractivity contribution in [1.29, 1.82) is 0 Å². The van der Waals surface area contributed by atoms with E-state index >= 15 is 0 Å². The number of nitrogens with two attached hydrogens (primary N) is 1. The van der Waals surface area contributed by atoms with Crippen LogP contribution in [-0.2, 0) is 6.42 Å². The average molecular weight is 308 g/mol. The van der Waals surface area contributed by atoms with Gasteiger partial charge in [0.15, 0.2) is 0 Å². The molecule has 0 spiro atoms. The van der Waals surface area contributed by atoms with Gasteiger partial charge in [-0.2, -0.15) is 0 Å². The van der Waals surface area contributed by atoms with Crippen LogP contribution in [0.15, 0.2) is 73.4 Å². The van der Waals surface area contributed by atoms with Crippen LogP contribution < -0.4 is 5.73 Å². The predicted molar refractivity (Wildman–Crippen MR) is 93.6 cm³/mol. The minimum Gasteiger partial charge on any atom is -0.508 e. The third kappa shape index (κ3) is 4.08. The molecule has 0 saturated carbocycles. The van der Waals surface area contributed by atoms with E-state index in [1.807, 2.05) is 36.4 Å². The zero-order valence-electron chi connectivity index (χ0n) is 12.9. The van der Waals surface area contributed by atoms with Crippen molar-refractivity contribution in [2.24, 2.45) is 5.73 Å². The number of aromatic hydroxyl groups is 1. The Morgan fingerprint density at radius 1 is 1.17 bits per heavy atom. The summed E-state index contributed by atoms with van der Waals surface area (Å²) in [5, 5.41) is 10.3. The zero-order chi connectivity index (χ0) is 16.7. The van der Waals surface area contributed by atoms with Gasteiger partial charge in [-0.3, -0.25) is 9.36 Å². The number of rotatable bonds is 3. The van der Waals surface area contributed by atoms with Crippen molar-refractivity contribution >= 4 is 16.8 Å². The van der Waals surface area contributed by atoms with Crippen LogP contribution in [0.4, 0.5) is 0 Å². The topological polar surface area (TPSA) is 68.2 Å². The third-order valence-electron chi connectivity index (χ3n) is 3.36. The number of carbonyl (C=O) groups excluding carboxylic acids is 1. The summed E-state index contributed by atoms with van der Waals surface area (Å²) in [5.41, 5.74) is 7.24. The minimum absolute atomic E-state index is 0.180. The van der Waals surface area contributed by atoms with Gasteiger partial charge in [0.1, 0.15) is 5.75 Å². The fourth-order valence-corrected chi connectivity index (χ4v) is 2.31. The zero-order valence-corrected chi connectivity index (χ0v) is 12.9. The first-order valence-electron chi connectivity index (χ1n) is 7.37. The van der Waals surface area contributed by atoms with E-state index in [1.165, 1.54) is 10.6 Å². The van der Waals surface area contributed by atoms with Gasteiger partial charge < -0.3 is 10.8 Å². The van der Waals surface area contributed by atoms with Crippen molar-refractivity contribution in [2.75, 3.05) is 6.54 Å². The molecule has 0 unspecified atom stereocenters. The lowest BCUT2D eigenvalue weighted by molar-refractivity contribution is 0.0974. The smallest absolute Gasteiger partial charge is 0.254 e. The molecule has 0 atom stereocenters. The highest BCUT2D eigenvalue weighted by molar-refractivity contribution is 5.99. The normalized spacial score (nSPS) is 9.96. The fourth-order valence-electron chi connectivity index (χ4n) is 2.31. The van der Waals surface area contributed by atoms with Crippen molar-refractivity contribution in [3.8, 4) is 5.75 Å². The molecule has 3 N–H and O–H groups in total. The van der Waals surface area contributed by atoms with E-state index in [1.54, 1.807) is 24.4 Å². The highest BCUT2D eigenvalue weighted by atomic mass is 16.3. The molecule has 2 aromatic carbocycles. The molecule has 0 saturated heterocycles. The number of phenols is 1. The number of nitrogens with zero attached hydrogens (tertiary/aromatic N) is 1. The molecular weight excluding hydrogens is 288 g/mol. The van der Waals surface area contributed by atoms with Crippen LogP contribution in [0.5, 0.6) is 5.75 Å². The molecule has 4 heteroatoms. The minimum atomic E-state index is -0.191. The van der Waals surface area contributed by atoms with E-state index in [0.717, 1.165) is 16.5 Å². The fraction of sp³-hybridized carbons (Fsp3) is 0.105. The number of fused-ring (bicyclic) bond motifs is 1. The maximum atomic E-state index is 11.7. The van der Waals surface area contributed by atoms with Crippen LogP contribution in [0.25, 0.3) is 10.9 Å². The second kappa shape index (κ2) is 7.96. The summed E-state index contributed by atoms with van der Waals surface area (Å²) >= 11 is 0. The van der Waals surface area contributed by atoms with Gasteiger partial charge >= 0.3 is 0 Å². The molecule has 118 valence electrons. The Morgan fingerprint density at radius 2 is 1.78 bits per heavy atom. The summed E-state index contributed by atoms with van der Waals surface area (Å²) in [4.78, 5) is 11.7. The van der Waals surface area contributed by atoms with Crippen molar-refractivity contribution in [3.63, 3.8) is 0 Å². The van der Waals surface area contributed by atoms with Gasteiger partial charge in [0.25, 0.3) is 5.91 Å². The highest BCUT2D eigenvalue weighted by Crippen LogP contribution is 2.25. The molecule has 0 amide bonds. The van der Waals surface area contributed by atoms with Gasteiger partial charge in [-0.25, -0.2) is 0 Å². The number of carbonyl (C=O) groups is 1. The largest absolute Gasteiger partial charge is 0.508 e. The molecule has 4 nitrogen and oxygen atoms in total. The maximum absolute atomic E-state index is 11.7. The summed E-state index contributed by atoms with van der Waals surface area (Å²) in [7, 11) is 0. The van der Waals surface area contributed by atoms with E-state index < -0.39 is 0 Å². The molecule has 0 aliphatic carbocycles. The molecule has 0 aliphatic heterocycles. The number of benzene rings is 2. The van der Waals surface area contributed by atoms with Crippen LogP contribution in [0, 0.1) is 0 Å². The van der Waals surface area contributed by atoms with Crippen LogP contribution in [0.2, 0.25) is 0 Å². The van der Waals surface area contributed by atoms with Crippen molar-refractivity contribution in [3.05, 3.63) is 79.0 Å². The van der Waals surface area contributed by atoms with Gasteiger partial charge in [0, 0.05) is 11.6 Å². The van der Waals surface area contributed by atoms with E-state index in [9.17, 15) is 9.90 Å². The monoisotopic (exact) mass is 308 g/mol. The summed E-state index contributed by atoms with van der Waals surface area (Å²) in [5.74, 6) is -0.0106. The summed E-state index contributed by atoms with van der Waals surface area (Å²) in [6.45, 7) is 3.97. The molecule has 3 aromatic rings. The summed E-state index contributed by atoms with van der Waals surface area (Å²) < 4.78 is 1.52. The van der Waals surface area contributed by atoms with Gasteiger partial charge in [0.05, 0.1) is 5.52 Å². The second-order valence-electron chi connectivity index (χ2n) is 4.96. The lowest BCUT2D eigenvalue weighted by atomic mass is 10.1. The number of hydrogen-bond donors (Lipinski definition) is 2. The average Bonchev–Trinajstić information content (AvgIpc) is 2.94. The van der Waals surface area contributed by atoms with Crippen LogP contribution >= 0.6 is 0 Å². The van der Waals surface area contributed by atoms with Crippen LogP contribution in [0.3, 0.4) is 0 Å². The van der Waals surface area contributed by atoms with E-state index in [0.29, 0.717) is 13.0 Å². The first-order chi connectivity index (χ1) is 11.2. The Labute approximate surface area is 135 Å². The Bertz CT molecular complexity index is 765. The molecule has 0 aliphatic rings. The first-order valence-corrected chi connectivity index (χ1v) is 7.37. The Morgan fingerprint density at radius 3 is 2.30 bits per heavy atom. The number of phenolic OH excluding ortho intramolecular Hbond substituents is 1. The van der Waals surface area contributed by atoms with Crippen LogP contribution in [-0.4, -0.2) is 22.1 Å². The molecule has 1 aromatic heterocycles. The standard InChI is InChI=1S/C13H14N2O2.C6H6/c1-2-13(17)15-8-9(5-6-14)11-7-10(16)3-4-12(11)15;1-2-4-6-5-3-1/h2-4,7-8,16H,1,5-6,14H2;1-6H. The number of allylic oxidation sites excluding steroid dienone is 1. The maximum Gasteiger partial charge on any atom is 0.254 e. The summed E-state index contributed by atoms with van der Waals surface area (Å²) in [6, 6.07) is 16.9. The Balaban J connectivity index is 0.000000268. The molecule has 3 rings (SSSR count). The number of aromatic nitrogens is 1. The molecule has 0 fully saturated rings. The molecule has 23 heavy (non-hydrogen) atoms. The first kappa shape index (κ1) is 16.5. The Kier molecular flexibility index (Phi) is 5.72. The van der Waals surface area contributed by atoms with Gasteiger partial charge in [-0.05, 0) is 42.8 Å². The van der Waals surface area contributed by atoms with Crippen LogP contribution in [0.1, 0.15) is 10.4 Å². The van der Waals surface area contributed by atoms with Crippen molar-refractivity contribution in [2.45, 2.75) is 6.42 Å². The van der Waals surface area contributed by atoms with Crippen molar-refractivity contribution in [1.82, 2.24) is 4.57 Å². The Hall–Kier alpha value is -2.85. The highest BCUT2D eigenvalue weighted by Gasteiger charge is 2.11. The van der Waals surface area contributed by atoms with Crippen molar-refractivity contribution < 1.29 is 9.90 Å². The van der Waals surface area contributed by atoms with E-state index in [4.69, 9.17) is 5.73 Å². The molecule has 0 radical (unpaired) electrons. The quantitative estimate of drug-likeness (QED) is 0.729. The molecule has 1 heterocycles. The van der Waals surface area contributed by atoms with E-state index in [-0.39, 0.29) is 11.7 Å². The van der Waals surface area contributed by atoms with E-state index in [2.05, 4.69) is 6.58 Å². The predicted octanol–water partition coefficient (Wildman–Crippen LogP) is 3.36. The van der Waals surface area contributed by atoms with Gasteiger partial charge in [-0.1, -0.05) is 43.0 Å². The van der Waals surface area contributed by atoms with Gasteiger partial charge in [-0.15, -0.1) is 0 Å².